The molecule has 1 aliphatic rings. The average molecular weight is 229 g/mol. The molecule has 3 heteroatoms. The van der Waals surface area contributed by atoms with Gasteiger partial charge in [0.25, 0.3) is 0 Å². The van der Waals surface area contributed by atoms with E-state index in [4.69, 9.17) is 0 Å². The Morgan fingerprint density at radius 1 is 1.35 bits per heavy atom. The number of aryl methyl sites for hydroxylation is 1. The van der Waals surface area contributed by atoms with Crippen LogP contribution in [0.2, 0.25) is 0 Å². The Morgan fingerprint density at radius 2 is 2.12 bits per heavy atom. The molecule has 0 bridgehead atoms. The predicted octanol–water partition coefficient (Wildman–Crippen LogP) is 1.92. The van der Waals surface area contributed by atoms with Crippen LogP contribution in [0.25, 0.3) is 0 Å². The number of nitriles is 1. The second kappa shape index (κ2) is 5.70. The summed E-state index contributed by atoms with van der Waals surface area (Å²) in [7, 11) is 0. The molecule has 0 unspecified atom stereocenters. The first kappa shape index (κ1) is 11.9. The molecule has 0 aromatic heterocycles. The number of hydrogen-bond acceptors (Lipinski definition) is 3. The highest BCUT2D eigenvalue weighted by Crippen LogP contribution is 2.26. The highest BCUT2D eigenvalue weighted by atomic mass is 15.2. The highest BCUT2D eigenvalue weighted by molar-refractivity contribution is 5.64. The van der Waals surface area contributed by atoms with E-state index in [2.05, 4.69) is 29.3 Å². The molecule has 0 spiro atoms. The van der Waals surface area contributed by atoms with Crippen molar-refractivity contribution in [2.75, 3.05) is 31.1 Å². The van der Waals surface area contributed by atoms with E-state index in [-0.39, 0.29) is 0 Å². The third-order valence-electron chi connectivity index (χ3n) is 3.19. The number of piperazine rings is 1. The summed E-state index contributed by atoms with van der Waals surface area (Å²) in [4.78, 5) is 2.35. The van der Waals surface area contributed by atoms with Gasteiger partial charge in [0.05, 0.1) is 11.3 Å². The van der Waals surface area contributed by atoms with Crippen LogP contribution in [0.1, 0.15) is 24.5 Å². The Bertz CT molecular complexity index is 414. The van der Waals surface area contributed by atoms with Crippen LogP contribution in [-0.2, 0) is 6.42 Å². The van der Waals surface area contributed by atoms with E-state index in [0.717, 1.165) is 44.6 Å². The van der Waals surface area contributed by atoms with E-state index in [9.17, 15) is 5.26 Å². The lowest BCUT2D eigenvalue weighted by atomic mass is 10.0. The van der Waals surface area contributed by atoms with Gasteiger partial charge in [0.1, 0.15) is 6.07 Å². The normalized spacial score (nSPS) is 15.6. The lowest BCUT2D eigenvalue weighted by Crippen LogP contribution is -2.44. The van der Waals surface area contributed by atoms with Crippen molar-refractivity contribution in [1.29, 1.82) is 5.26 Å². The van der Waals surface area contributed by atoms with Gasteiger partial charge >= 0.3 is 0 Å². The van der Waals surface area contributed by atoms with Crippen LogP contribution in [0.5, 0.6) is 0 Å². The van der Waals surface area contributed by atoms with Gasteiger partial charge in [-0.05, 0) is 18.1 Å². The summed E-state index contributed by atoms with van der Waals surface area (Å²) in [5, 5.41) is 12.6. The molecule has 3 nitrogen and oxygen atoms in total. The van der Waals surface area contributed by atoms with E-state index in [0.29, 0.717) is 0 Å². The quantitative estimate of drug-likeness (QED) is 0.860. The lowest BCUT2D eigenvalue weighted by Gasteiger charge is -2.31. The molecule has 17 heavy (non-hydrogen) atoms. The van der Waals surface area contributed by atoms with Gasteiger partial charge in [0, 0.05) is 26.2 Å². The summed E-state index contributed by atoms with van der Waals surface area (Å²) in [5.74, 6) is 0. The van der Waals surface area contributed by atoms with Crippen molar-refractivity contribution in [1.82, 2.24) is 5.32 Å². The van der Waals surface area contributed by atoms with Crippen molar-refractivity contribution in [3.05, 3.63) is 29.3 Å². The zero-order valence-electron chi connectivity index (χ0n) is 10.4. The van der Waals surface area contributed by atoms with Gasteiger partial charge in [-0.15, -0.1) is 0 Å². The van der Waals surface area contributed by atoms with Gasteiger partial charge in [-0.25, -0.2) is 0 Å². The summed E-state index contributed by atoms with van der Waals surface area (Å²) in [6.07, 6.45) is 2.17. The topological polar surface area (TPSA) is 39.1 Å². The van der Waals surface area contributed by atoms with E-state index in [1.807, 2.05) is 12.1 Å². The molecular formula is C14H19N3. The van der Waals surface area contributed by atoms with E-state index in [1.54, 1.807) is 0 Å². The Balaban J connectivity index is 2.37. The first-order chi connectivity index (χ1) is 8.36. The molecule has 1 aliphatic heterocycles. The zero-order chi connectivity index (χ0) is 12.1. The second-order valence-corrected chi connectivity index (χ2v) is 4.41. The summed E-state index contributed by atoms with van der Waals surface area (Å²) < 4.78 is 0. The largest absolute Gasteiger partial charge is 0.368 e. The number of para-hydroxylation sites is 1. The minimum absolute atomic E-state index is 0.817. The number of nitrogens with zero attached hydrogens (tertiary/aromatic N) is 2. The van der Waals surface area contributed by atoms with Crippen molar-refractivity contribution < 1.29 is 0 Å². The molecule has 1 heterocycles. The minimum atomic E-state index is 0.817. The van der Waals surface area contributed by atoms with Crippen molar-refractivity contribution in [3.63, 3.8) is 0 Å². The monoisotopic (exact) mass is 229 g/mol. The summed E-state index contributed by atoms with van der Waals surface area (Å²) in [6, 6.07) is 8.41. The van der Waals surface area contributed by atoms with Crippen LogP contribution in [0.15, 0.2) is 18.2 Å². The van der Waals surface area contributed by atoms with Crippen LogP contribution < -0.4 is 10.2 Å². The molecule has 1 aromatic carbocycles. The fraction of sp³-hybridized carbons (Fsp3) is 0.500. The number of benzene rings is 1. The zero-order valence-corrected chi connectivity index (χ0v) is 10.4. The number of rotatable bonds is 3. The van der Waals surface area contributed by atoms with Gasteiger partial charge in [-0.3, -0.25) is 0 Å². The van der Waals surface area contributed by atoms with Crippen molar-refractivity contribution >= 4 is 5.69 Å². The van der Waals surface area contributed by atoms with Gasteiger partial charge in [0.2, 0.25) is 0 Å². The first-order valence-corrected chi connectivity index (χ1v) is 6.34. The molecule has 1 N–H and O–H groups in total. The van der Waals surface area contributed by atoms with E-state index in [1.165, 1.54) is 11.3 Å². The molecule has 1 fully saturated rings. The molecule has 0 aliphatic carbocycles. The summed E-state index contributed by atoms with van der Waals surface area (Å²) >= 11 is 0. The molecular weight excluding hydrogens is 210 g/mol. The van der Waals surface area contributed by atoms with Gasteiger partial charge in [-0.1, -0.05) is 25.5 Å². The Labute approximate surface area is 103 Å². The molecule has 2 rings (SSSR count). The maximum atomic E-state index is 9.25. The lowest BCUT2D eigenvalue weighted by molar-refractivity contribution is 0.587. The van der Waals surface area contributed by atoms with Gasteiger partial charge in [-0.2, -0.15) is 5.26 Å². The number of anilines is 1. The maximum absolute atomic E-state index is 9.25. The fourth-order valence-electron chi connectivity index (χ4n) is 2.41. The van der Waals surface area contributed by atoms with Crippen LogP contribution in [0, 0.1) is 11.3 Å². The maximum Gasteiger partial charge on any atom is 0.101 e. The minimum Gasteiger partial charge on any atom is -0.368 e. The average Bonchev–Trinajstić information content (AvgIpc) is 2.40. The third-order valence-corrected chi connectivity index (χ3v) is 3.19. The highest BCUT2D eigenvalue weighted by Gasteiger charge is 2.17. The first-order valence-electron chi connectivity index (χ1n) is 6.34. The van der Waals surface area contributed by atoms with Crippen LogP contribution >= 0.6 is 0 Å². The predicted molar refractivity (Wildman–Crippen MR) is 70.2 cm³/mol. The third kappa shape index (κ3) is 2.59. The molecule has 0 radical (unpaired) electrons. The smallest absolute Gasteiger partial charge is 0.101 e. The van der Waals surface area contributed by atoms with Gasteiger partial charge in [0.15, 0.2) is 0 Å². The summed E-state index contributed by atoms with van der Waals surface area (Å²) in [5.41, 5.74) is 3.30. The van der Waals surface area contributed by atoms with Crippen molar-refractivity contribution in [2.24, 2.45) is 0 Å². The molecule has 1 saturated heterocycles. The fourth-order valence-corrected chi connectivity index (χ4v) is 2.41. The van der Waals surface area contributed by atoms with Crippen molar-refractivity contribution in [3.8, 4) is 6.07 Å². The van der Waals surface area contributed by atoms with E-state index < -0.39 is 0 Å². The van der Waals surface area contributed by atoms with Crippen LogP contribution in [0.3, 0.4) is 0 Å². The standard InChI is InChI=1S/C14H19N3/c1-2-4-12-5-3-6-13(11-15)14(12)17-9-7-16-8-10-17/h3,5-6,16H,2,4,7-10H2,1H3. The Hall–Kier alpha value is -1.53. The molecule has 0 amide bonds. The number of hydrogen-bond donors (Lipinski definition) is 1. The molecule has 0 atom stereocenters. The summed E-state index contributed by atoms with van der Waals surface area (Å²) in [6.45, 7) is 6.18. The second-order valence-electron chi connectivity index (χ2n) is 4.41. The molecule has 1 aromatic rings. The SMILES string of the molecule is CCCc1cccc(C#N)c1N1CCNCC1. The molecule has 0 saturated carbocycles. The Morgan fingerprint density at radius 3 is 2.76 bits per heavy atom. The number of nitrogens with one attached hydrogen (secondary N) is 1. The van der Waals surface area contributed by atoms with Gasteiger partial charge < -0.3 is 10.2 Å². The Kier molecular flexibility index (Phi) is 4.00. The molecule has 90 valence electrons. The van der Waals surface area contributed by atoms with Crippen LogP contribution in [-0.4, -0.2) is 26.2 Å². The van der Waals surface area contributed by atoms with Crippen LogP contribution in [0.4, 0.5) is 5.69 Å². The van der Waals surface area contributed by atoms with E-state index >= 15 is 0 Å². The van der Waals surface area contributed by atoms with Crippen molar-refractivity contribution in [2.45, 2.75) is 19.8 Å².